The van der Waals surface area contributed by atoms with Gasteiger partial charge in [0.15, 0.2) is 18.2 Å². The summed E-state index contributed by atoms with van der Waals surface area (Å²) in [5.41, 5.74) is 7.00. The first-order valence-electron chi connectivity index (χ1n) is 9.48. The van der Waals surface area contributed by atoms with Gasteiger partial charge in [0.25, 0.3) is 0 Å². The van der Waals surface area contributed by atoms with E-state index in [2.05, 4.69) is 17.1 Å². The minimum absolute atomic E-state index is 0.121. The number of aryl methyl sites for hydroxylation is 1. The molecule has 0 spiro atoms. The molecule has 0 radical (unpaired) electrons. The van der Waals surface area contributed by atoms with Crippen LogP contribution in [0.5, 0.6) is 0 Å². The topological polar surface area (TPSA) is 76.2 Å². The van der Waals surface area contributed by atoms with Crippen LogP contribution in [0.3, 0.4) is 0 Å². The summed E-state index contributed by atoms with van der Waals surface area (Å²) in [6.45, 7) is 4.52. The van der Waals surface area contributed by atoms with Crippen molar-refractivity contribution in [3.63, 3.8) is 0 Å². The fourth-order valence-corrected chi connectivity index (χ4v) is 4.07. The number of esters is 1. The maximum absolute atomic E-state index is 12.6. The van der Waals surface area contributed by atoms with E-state index in [1.807, 2.05) is 24.3 Å². The maximum Gasteiger partial charge on any atom is 0.355 e. The van der Waals surface area contributed by atoms with Crippen LogP contribution in [-0.2, 0) is 11.2 Å². The average molecular weight is 387 g/mol. The normalized spacial score (nSPS) is 11.7. The number of Topliss-reactive ketones (excluding diaryl/α,β-unsaturated/α-hetero) is 2. The summed E-state index contributed by atoms with van der Waals surface area (Å²) < 4.78 is 5.23. The third-order valence-corrected chi connectivity index (χ3v) is 5.45. The van der Waals surface area contributed by atoms with E-state index in [1.54, 1.807) is 19.9 Å². The molecule has 1 N–H and O–H groups in total. The molecular formula is C24H21NO4. The number of ether oxygens (including phenoxy) is 1. The lowest BCUT2D eigenvalue weighted by Gasteiger charge is -2.07. The second-order valence-corrected chi connectivity index (χ2v) is 7.39. The number of hydrogen-bond acceptors (Lipinski definition) is 4. The molecule has 0 saturated carbocycles. The van der Waals surface area contributed by atoms with E-state index in [9.17, 15) is 14.4 Å². The number of benzene rings is 2. The first kappa shape index (κ1) is 18.9. The van der Waals surface area contributed by atoms with Crippen molar-refractivity contribution in [1.82, 2.24) is 4.98 Å². The third kappa shape index (κ3) is 3.29. The van der Waals surface area contributed by atoms with Crippen molar-refractivity contribution >= 4 is 17.5 Å². The summed E-state index contributed by atoms with van der Waals surface area (Å²) in [5.74, 6) is -1.03. The summed E-state index contributed by atoms with van der Waals surface area (Å²) in [6.07, 6.45) is 0.860. The van der Waals surface area contributed by atoms with Gasteiger partial charge in [0.1, 0.15) is 5.69 Å². The minimum Gasteiger partial charge on any atom is -0.453 e. The highest BCUT2D eigenvalue weighted by Gasteiger charge is 2.23. The Bertz CT molecular complexity index is 1170. The molecule has 3 aromatic rings. The molecule has 0 fully saturated rings. The predicted molar refractivity (Wildman–Crippen MR) is 110 cm³/mol. The zero-order chi connectivity index (χ0) is 20.7. The van der Waals surface area contributed by atoms with Crippen molar-refractivity contribution in [2.24, 2.45) is 0 Å². The number of H-pyrrole nitrogens is 1. The van der Waals surface area contributed by atoms with E-state index in [4.69, 9.17) is 4.74 Å². The molecule has 0 amide bonds. The van der Waals surface area contributed by atoms with E-state index in [0.717, 1.165) is 17.5 Å². The highest BCUT2D eigenvalue weighted by Crippen LogP contribution is 2.36. The van der Waals surface area contributed by atoms with Crippen molar-refractivity contribution in [2.75, 3.05) is 6.61 Å². The number of ketones is 2. The van der Waals surface area contributed by atoms with Crippen molar-refractivity contribution < 1.29 is 19.1 Å². The zero-order valence-corrected chi connectivity index (χ0v) is 16.6. The van der Waals surface area contributed by atoms with Crippen LogP contribution >= 0.6 is 0 Å². The molecule has 5 nitrogen and oxygen atoms in total. The Kier molecular flexibility index (Phi) is 4.66. The van der Waals surface area contributed by atoms with E-state index >= 15 is 0 Å². The Balaban J connectivity index is 1.50. The Morgan fingerprint density at radius 2 is 1.72 bits per heavy atom. The van der Waals surface area contributed by atoms with Gasteiger partial charge in [-0.25, -0.2) is 4.79 Å². The lowest BCUT2D eigenvalue weighted by atomic mass is 10.0. The summed E-state index contributed by atoms with van der Waals surface area (Å²) >= 11 is 0. The molecule has 29 heavy (non-hydrogen) atoms. The molecule has 1 aromatic heterocycles. The fraction of sp³-hybridized carbons (Fsp3) is 0.208. The van der Waals surface area contributed by atoms with E-state index in [1.165, 1.54) is 18.1 Å². The van der Waals surface area contributed by atoms with E-state index < -0.39 is 5.97 Å². The highest BCUT2D eigenvalue weighted by atomic mass is 16.5. The Hall–Kier alpha value is -3.47. The average Bonchev–Trinajstić information content (AvgIpc) is 3.22. The van der Waals surface area contributed by atoms with Crippen LogP contribution in [0.1, 0.15) is 60.5 Å². The van der Waals surface area contributed by atoms with Gasteiger partial charge in [-0.05, 0) is 61.1 Å². The molecule has 1 heterocycles. The van der Waals surface area contributed by atoms with Gasteiger partial charge >= 0.3 is 5.97 Å². The Morgan fingerprint density at radius 3 is 2.45 bits per heavy atom. The molecule has 2 aromatic carbocycles. The molecule has 4 rings (SSSR count). The SMILES string of the molecule is CC(=O)c1c(C)[nH]c(C(=O)OCC(=O)c2ccc3c(c2)-c2ccccc2C3)c1C. The molecule has 0 bridgehead atoms. The number of rotatable bonds is 5. The molecule has 0 atom stereocenters. The van der Waals surface area contributed by atoms with Gasteiger partial charge in [0.2, 0.25) is 0 Å². The lowest BCUT2D eigenvalue weighted by molar-refractivity contribution is 0.0468. The Labute approximate surface area is 168 Å². The number of carbonyl (C=O) groups is 3. The largest absolute Gasteiger partial charge is 0.453 e. The van der Waals surface area contributed by atoms with Crippen LogP contribution in [0.15, 0.2) is 42.5 Å². The smallest absolute Gasteiger partial charge is 0.355 e. The lowest BCUT2D eigenvalue weighted by Crippen LogP contribution is -2.15. The number of hydrogen-bond donors (Lipinski definition) is 1. The maximum atomic E-state index is 12.6. The van der Waals surface area contributed by atoms with Crippen LogP contribution in [0, 0.1) is 13.8 Å². The first-order chi connectivity index (χ1) is 13.9. The molecular weight excluding hydrogens is 366 g/mol. The highest BCUT2D eigenvalue weighted by molar-refractivity contribution is 6.03. The molecule has 146 valence electrons. The molecule has 5 heteroatoms. The van der Waals surface area contributed by atoms with Crippen LogP contribution in [-0.4, -0.2) is 29.1 Å². The van der Waals surface area contributed by atoms with Crippen molar-refractivity contribution in [3.05, 3.63) is 81.7 Å². The van der Waals surface area contributed by atoms with Crippen LogP contribution in [0.4, 0.5) is 0 Å². The number of fused-ring (bicyclic) bond motifs is 3. The van der Waals surface area contributed by atoms with Gasteiger partial charge in [0.05, 0.1) is 0 Å². The number of aromatic nitrogens is 1. The second-order valence-electron chi connectivity index (χ2n) is 7.39. The monoisotopic (exact) mass is 387 g/mol. The summed E-state index contributed by atoms with van der Waals surface area (Å²) in [5, 5.41) is 0. The molecule has 0 aliphatic heterocycles. The van der Waals surface area contributed by atoms with Crippen molar-refractivity contribution in [2.45, 2.75) is 27.2 Å². The summed E-state index contributed by atoms with van der Waals surface area (Å²) in [7, 11) is 0. The molecule has 0 unspecified atom stereocenters. The van der Waals surface area contributed by atoms with Crippen LogP contribution < -0.4 is 0 Å². The quantitative estimate of drug-likeness (QED) is 0.406. The summed E-state index contributed by atoms with van der Waals surface area (Å²) in [6, 6.07) is 13.8. The van der Waals surface area contributed by atoms with Gasteiger partial charge < -0.3 is 9.72 Å². The summed E-state index contributed by atoms with van der Waals surface area (Å²) in [4.78, 5) is 39.7. The van der Waals surface area contributed by atoms with Gasteiger partial charge in [0, 0.05) is 16.8 Å². The molecule has 0 saturated heterocycles. The first-order valence-corrected chi connectivity index (χ1v) is 9.48. The minimum atomic E-state index is -0.641. The number of carbonyl (C=O) groups excluding carboxylic acids is 3. The number of nitrogens with one attached hydrogen (secondary N) is 1. The van der Waals surface area contributed by atoms with Gasteiger partial charge in [-0.3, -0.25) is 9.59 Å². The van der Waals surface area contributed by atoms with E-state index in [0.29, 0.717) is 22.4 Å². The third-order valence-electron chi connectivity index (χ3n) is 5.45. The Morgan fingerprint density at radius 1 is 1.00 bits per heavy atom. The molecule has 1 aliphatic rings. The van der Waals surface area contributed by atoms with Crippen molar-refractivity contribution in [3.8, 4) is 11.1 Å². The fourth-order valence-electron chi connectivity index (χ4n) is 4.07. The molecule has 1 aliphatic carbocycles. The van der Waals surface area contributed by atoms with Crippen molar-refractivity contribution in [1.29, 1.82) is 0 Å². The second kappa shape index (κ2) is 7.17. The standard InChI is InChI=1S/C24H21NO4/c1-13-22(15(3)26)14(2)25-23(13)24(28)29-12-21(27)18-9-8-17-10-16-6-4-5-7-19(16)20(17)11-18/h4-9,11,25H,10,12H2,1-3H3. The predicted octanol–water partition coefficient (Wildman–Crippen LogP) is 4.45. The van der Waals surface area contributed by atoms with Gasteiger partial charge in [-0.1, -0.05) is 36.4 Å². The van der Waals surface area contributed by atoms with Gasteiger partial charge in [-0.2, -0.15) is 0 Å². The van der Waals surface area contributed by atoms with E-state index in [-0.39, 0.29) is 23.9 Å². The van der Waals surface area contributed by atoms with Crippen LogP contribution in [0.2, 0.25) is 0 Å². The zero-order valence-electron chi connectivity index (χ0n) is 16.6. The number of aromatic amines is 1. The van der Waals surface area contributed by atoms with Gasteiger partial charge in [-0.15, -0.1) is 0 Å². The van der Waals surface area contributed by atoms with Crippen LogP contribution in [0.25, 0.3) is 11.1 Å².